The fraction of sp³-hybridized carbons (Fsp3) is 0.208. The number of imidazole rings is 1. The molecule has 1 fully saturated rings. The molecule has 1 aliphatic rings. The Labute approximate surface area is 185 Å². The van der Waals surface area contributed by atoms with E-state index in [2.05, 4.69) is 26.9 Å². The molecule has 1 aliphatic heterocycles. The number of hydrogen-bond donors (Lipinski definition) is 2. The average molecular weight is 435 g/mol. The van der Waals surface area contributed by atoms with Gasteiger partial charge in [0.05, 0.1) is 17.1 Å². The SMILES string of the molecule is Cn1c(NCc2ccc(Oc3ccc(Cl)cc3)cc2)nc2ccc(N3CC(O)C3)cc21. The van der Waals surface area contributed by atoms with Crippen molar-refractivity contribution in [2.24, 2.45) is 7.05 Å². The van der Waals surface area contributed by atoms with E-state index in [0.29, 0.717) is 24.7 Å². The highest BCUT2D eigenvalue weighted by atomic mass is 35.5. The van der Waals surface area contributed by atoms with Gasteiger partial charge in [0, 0.05) is 37.4 Å². The van der Waals surface area contributed by atoms with Crippen LogP contribution < -0.4 is 15.0 Å². The maximum Gasteiger partial charge on any atom is 0.203 e. The van der Waals surface area contributed by atoms with E-state index in [1.54, 1.807) is 0 Å². The number of β-amino-alcohol motifs (C(OH)–C–C–N with tert-alkyl or cyclic N) is 1. The van der Waals surface area contributed by atoms with Crippen molar-refractivity contribution < 1.29 is 9.84 Å². The van der Waals surface area contributed by atoms with Gasteiger partial charge in [-0.2, -0.15) is 0 Å². The number of nitrogens with one attached hydrogen (secondary N) is 1. The molecule has 158 valence electrons. The minimum absolute atomic E-state index is 0.220. The normalized spacial score (nSPS) is 14.0. The minimum Gasteiger partial charge on any atom is -0.457 e. The largest absolute Gasteiger partial charge is 0.457 e. The highest BCUT2D eigenvalue weighted by Crippen LogP contribution is 2.28. The maximum absolute atomic E-state index is 9.55. The van der Waals surface area contributed by atoms with Crippen LogP contribution in [0.2, 0.25) is 5.02 Å². The van der Waals surface area contributed by atoms with Crippen LogP contribution in [0.25, 0.3) is 11.0 Å². The number of halogens is 1. The molecule has 2 N–H and O–H groups in total. The van der Waals surface area contributed by atoms with Crippen molar-refractivity contribution in [2.45, 2.75) is 12.6 Å². The number of aryl methyl sites for hydroxylation is 1. The molecule has 31 heavy (non-hydrogen) atoms. The highest BCUT2D eigenvalue weighted by molar-refractivity contribution is 6.30. The number of fused-ring (bicyclic) bond motifs is 1. The van der Waals surface area contributed by atoms with Crippen LogP contribution in [0.5, 0.6) is 11.5 Å². The van der Waals surface area contributed by atoms with Gasteiger partial charge in [-0.15, -0.1) is 0 Å². The van der Waals surface area contributed by atoms with Crippen LogP contribution in [0, 0.1) is 0 Å². The number of anilines is 2. The van der Waals surface area contributed by atoms with Gasteiger partial charge in [-0.05, 0) is 60.2 Å². The molecule has 0 aliphatic carbocycles. The molecule has 2 heterocycles. The van der Waals surface area contributed by atoms with Crippen LogP contribution >= 0.6 is 11.6 Å². The Morgan fingerprint density at radius 1 is 1.03 bits per heavy atom. The van der Waals surface area contributed by atoms with E-state index in [9.17, 15) is 5.11 Å². The highest BCUT2D eigenvalue weighted by Gasteiger charge is 2.25. The monoisotopic (exact) mass is 434 g/mol. The van der Waals surface area contributed by atoms with E-state index in [1.165, 1.54) is 0 Å². The van der Waals surface area contributed by atoms with Crippen LogP contribution in [-0.2, 0) is 13.6 Å². The third kappa shape index (κ3) is 4.17. The molecule has 0 saturated carbocycles. The zero-order chi connectivity index (χ0) is 21.4. The summed E-state index contributed by atoms with van der Waals surface area (Å²) in [5.41, 5.74) is 4.25. The quantitative estimate of drug-likeness (QED) is 0.456. The molecule has 0 spiro atoms. The van der Waals surface area contributed by atoms with Crippen molar-refractivity contribution >= 4 is 34.3 Å². The Bertz CT molecular complexity index is 1200. The van der Waals surface area contributed by atoms with Crippen LogP contribution in [0.15, 0.2) is 66.7 Å². The van der Waals surface area contributed by atoms with Gasteiger partial charge in [0.25, 0.3) is 0 Å². The predicted octanol–water partition coefficient (Wildman–Crippen LogP) is 4.81. The first-order chi connectivity index (χ1) is 15.0. The van der Waals surface area contributed by atoms with E-state index in [-0.39, 0.29) is 6.10 Å². The number of rotatable bonds is 6. The van der Waals surface area contributed by atoms with Crippen molar-refractivity contribution in [3.63, 3.8) is 0 Å². The molecular weight excluding hydrogens is 412 g/mol. The zero-order valence-corrected chi connectivity index (χ0v) is 17.9. The molecule has 7 heteroatoms. The average Bonchev–Trinajstić information content (AvgIpc) is 3.08. The second kappa shape index (κ2) is 8.13. The topological polar surface area (TPSA) is 62.5 Å². The van der Waals surface area contributed by atoms with Crippen molar-refractivity contribution in [2.75, 3.05) is 23.3 Å². The van der Waals surface area contributed by atoms with E-state index < -0.39 is 0 Å². The van der Waals surface area contributed by atoms with Gasteiger partial charge in [-0.1, -0.05) is 23.7 Å². The van der Waals surface area contributed by atoms with Crippen molar-refractivity contribution in [3.8, 4) is 11.5 Å². The second-order valence-electron chi connectivity index (χ2n) is 7.78. The molecule has 0 amide bonds. The number of aliphatic hydroxyl groups excluding tert-OH is 1. The molecule has 0 unspecified atom stereocenters. The van der Waals surface area contributed by atoms with Gasteiger partial charge in [-0.25, -0.2) is 4.98 Å². The van der Waals surface area contributed by atoms with Crippen LogP contribution in [0.3, 0.4) is 0 Å². The number of benzene rings is 3. The smallest absolute Gasteiger partial charge is 0.203 e. The number of ether oxygens (including phenoxy) is 1. The number of hydrogen-bond acceptors (Lipinski definition) is 5. The Morgan fingerprint density at radius 3 is 2.39 bits per heavy atom. The van der Waals surface area contributed by atoms with E-state index >= 15 is 0 Å². The zero-order valence-electron chi connectivity index (χ0n) is 17.1. The molecular formula is C24H23ClN4O2. The van der Waals surface area contributed by atoms with Gasteiger partial charge in [-0.3, -0.25) is 0 Å². The van der Waals surface area contributed by atoms with Crippen molar-refractivity contribution in [3.05, 3.63) is 77.3 Å². The Hall–Kier alpha value is -3.22. The molecule has 4 aromatic rings. The summed E-state index contributed by atoms with van der Waals surface area (Å²) in [4.78, 5) is 6.88. The minimum atomic E-state index is -0.220. The molecule has 3 aromatic carbocycles. The fourth-order valence-corrected chi connectivity index (χ4v) is 3.82. The third-order valence-electron chi connectivity index (χ3n) is 5.52. The molecule has 5 rings (SSSR count). The first-order valence-corrected chi connectivity index (χ1v) is 10.6. The van der Waals surface area contributed by atoms with E-state index in [4.69, 9.17) is 21.3 Å². The molecule has 0 radical (unpaired) electrons. The summed E-state index contributed by atoms with van der Waals surface area (Å²) in [6.07, 6.45) is -0.220. The molecule has 0 atom stereocenters. The van der Waals surface area contributed by atoms with Crippen LogP contribution in [-0.4, -0.2) is 33.9 Å². The van der Waals surface area contributed by atoms with Crippen LogP contribution in [0.4, 0.5) is 11.6 Å². The van der Waals surface area contributed by atoms with Crippen molar-refractivity contribution in [1.82, 2.24) is 9.55 Å². The van der Waals surface area contributed by atoms with Crippen molar-refractivity contribution in [1.29, 1.82) is 0 Å². The lowest BCUT2D eigenvalue weighted by atomic mass is 10.1. The van der Waals surface area contributed by atoms with Gasteiger partial charge >= 0.3 is 0 Å². The number of nitrogens with zero attached hydrogens (tertiary/aromatic N) is 3. The van der Waals surface area contributed by atoms with E-state index in [0.717, 1.165) is 39.7 Å². The lowest BCUT2D eigenvalue weighted by molar-refractivity contribution is 0.142. The summed E-state index contributed by atoms with van der Waals surface area (Å²) < 4.78 is 7.91. The summed E-state index contributed by atoms with van der Waals surface area (Å²) in [6, 6.07) is 21.5. The first kappa shape index (κ1) is 19.7. The third-order valence-corrected chi connectivity index (χ3v) is 5.77. The standard InChI is InChI=1S/C24H23ClN4O2/c1-28-23-12-18(29-14-19(30)15-29)6-11-22(23)27-24(28)26-13-16-2-7-20(8-3-16)31-21-9-4-17(25)5-10-21/h2-12,19,30H,13-15H2,1H3,(H,26,27). The molecule has 6 nitrogen and oxygen atoms in total. The number of aliphatic hydroxyl groups is 1. The van der Waals surface area contributed by atoms with E-state index in [1.807, 2.05) is 61.6 Å². The molecule has 1 saturated heterocycles. The first-order valence-electron chi connectivity index (χ1n) is 10.2. The molecule has 0 bridgehead atoms. The summed E-state index contributed by atoms with van der Waals surface area (Å²) >= 11 is 5.91. The number of aromatic nitrogens is 2. The lowest BCUT2D eigenvalue weighted by Crippen LogP contribution is -2.50. The predicted molar refractivity (Wildman–Crippen MR) is 124 cm³/mol. The summed E-state index contributed by atoms with van der Waals surface area (Å²) in [5.74, 6) is 2.34. The van der Waals surface area contributed by atoms with Crippen LogP contribution in [0.1, 0.15) is 5.56 Å². The fourth-order valence-electron chi connectivity index (χ4n) is 3.69. The second-order valence-corrected chi connectivity index (χ2v) is 8.22. The summed E-state index contributed by atoms with van der Waals surface area (Å²) in [7, 11) is 2.01. The summed E-state index contributed by atoms with van der Waals surface area (Å²) in [6.45, 7) is 2.03. The lowest BCUT2D eigenvalue weighted by Gasteiger charge is -2.37. The maximum atomic E-state index is 9.55. The van der Waals surface area contributed by atoms with Gasteiger partial charge in [0.2, 0.25) is 5.95 Å². The van der Waals surface area contributed by atoms with Gasteiger partial charge < -0.3 is 24.6 Å². The Balaban J connectivity index is 1.25. The Morgan fingerprint density at radius 2 is 1.71 bits per heavy atom. The Kier molecular flexibility index (Phi) is 5.18. The summed E-state index contributed by atoms with van der Waals surface area (Å²) in [5, 5.41) is 13.7. The van der Waals surface area contributed by atoms with Gasteiger partial charge in [0.1, 0.15) is 11.5 Å². The van der Waals surface area contributed by atoms with Gasteiger partial charge in [0.15, 0.2) is 0 Å². The molecule has 1 aromatic heterocycles.